The lowest BCUT2D eigenvalue weighted by molar-refractivity contribution is 0.104. The van der Waals surface area contributed by atoms with Gasteiger partial charge in [0.2, 0.25) is 0 Å². The van der Waals surface area contributed by atoms with Crippen LogP contribution in [0.2, 0.25) is 0 Å². The fourth-order valence-electron chi connectivity index (χ4n) is 3.34. The molecular formula is C27H28O3. The summed E-state index contributed by atoms with van der Waals surface area (Å²) in [5.41, 5.74) is 4.87. The Kier molecular flexibility index (Phi) is 7.08. The number of rotatable bonds is 8. The van der Waals surface area contributed by atoms with Gasteiger partial charge < -0.3 is 9.47 Å². The fraction of sp³-hybridized carbons (Fsp3) is 0.222. The summed E-state index contributed by atoms with van der Waals surface area (Å²) in [5.74, 6) is 1.67. The molecule has 0 unspecified atom stereocenters. The molecular weight excluding hydrogens is 372 g/mol. The van der Waals surface area contributed by atoms with Crippen LogP contribution in [-0.4, -0.2) is 12.9 Å². The first kappa shape index (κ1) is 21.4. The van der Waals surface area contributed by atoms with Gasteiger partial charge >= 0.3 is 0 Å². The lowest BCUT2D eigenvalue weighted by Gasteiger charge is -2.16. The maximum absolute atomic E-state index is 13.0. The van der Waals surface area contributed by atoms with Crippen LogP contribution in [0, 0.1) is 6.92 Å². The molecule has 3 rings (SSSR count). The van der Waals surface area contributed by atoms with Crippen LogP contribution < -0.4 is 9.47 Å². The van der Waals surface area contributed by atoms with Crippen molar-refractivity contribution in [1.29, 1.82) is 0 Å². The van der Waals surface area contributed by atoms with Crippen molar-refractivity contribution in [1.82, 2.24) is 0 Å². The van der Waals surface area contributed by atoms with Crippen LogP contribution in [0.3, 0.4) is 0 Å². The Balaban J connectivity index is 1.87. The van der Waals surface area contributed by atoms with E-state index in [0.29, 0.717) is 23.8 Å². The normalized spacial score (nSPS) is 11.1. The third-order valence-electron chi connectivity index (χ3n) is 5.04. The lowest BCUT2D eigenvalue weighted by Crippen LogP contribution is -2.06. The van der Waals surface area contributed by atoms with Gasteiger partial charge in [0.25, 0.3) is 0 Å². The van der Waals surface area contributed by atoms with Gasteiger partial charge in [-0.1, -0.05) is 62.4 Å². The highest BCUT2D eigenvalue weighted by Crippen LogP contribution is 2.29. The van der Waals surface area contributed by atoms with Crippen LogP contribution in [0.5, 0.6) is 11.5 Å². The van der Waals surface area contributed by atoms with Crippen molar-refractivity contribution in [3.05, 3.63) is 101 Å². The Hall–Kier alpha value is -3.33. The summed E-state index contributed by atoms with van der Waals surface area (Å²) >= 11 is 0. The number of ether oxygens (including phenoxy) is 2. The molecule has 3 nitrogen and oxygen atoms in total. The van der Waals surface area contributed by atoms with Crippen molar-refractivity contribution >= 4 is 11.9 Å². The molecule has 0 spiro atoms. The first-order chi connectivity index (χ1) is 14.5. The molecule has 0 aliphatic heterocycles. The molecule has 0 N–H and O–H groups in total. The average Bonchev–Trinajstić information content (AvgIpc) is 2.76. The van der Waals surface area contributed by atoms with Gasteiger partial charge in [0.15, 0.2) is 5.78 Å². The molecule has 3 aromatic carbocycles. The number of hydrogen-bond donors (Lipinski definition) is 0. The third kappa shape index (κ3) is 5.38. The molecule has 0 aliphatic carbocycles. The quantitative estimate of drug-likeness (QED) is 0.315. The van der Waals surface area contributed by atoms with E-state index in [0.717, 1.165) is 28.0 Å². The van der Waals surface area contributed by atoms with Gasteiger partial charge in [0.05, 0.1) is 12.7 Å². The second kappa shape index (κ2) is 9.93. The van der Waals surface area contributed by atoms with Crippen molar-refractivity contribution in [2.75, 3.05) is 7.11 Å². The van der Waals surface area contributed by atoms with Crippen LogP contribution in [0.25, 0.3) is 6.08 Å². The van der Waals surface area contributed by atoms with E-state index in [4.69, 9.17) is 9.47 Å². The minimum absolute atomic E-state index is 0.0644. The number of carbonyl (C=O) groups excluding carboxylic acids is 1. The Bertz CT molecular complexity index is 1020. The summed E-state index contributed by atoms with van der Waals surface area (Å²) in [6.45, 7) is 6.71. The van der Waals surface area contributed by atoms with E-state index in [-0.39, 0.29) is 5.78 Å². The van der Waals surface area contributed by atoms with Gasteiger partial charge in [0, 0.05) is 0 Å². The molecule has 0 radical (unpaired) electrons. The standard InChI is InChI=1S/C27H28O3/c1-19(2)24-17-25(26(28)15-12-21-8-6-5-7-9-21)27(16-20(24)3)30-18-22-10-13-23(29-4)14-11-22/h5-17,19H,18H2,1-4H3/b15-12+. The number of carbonyl (C=O) groups is 1. The Morgan fingerprint density at radius 3 is 2.33 bits per heavy atom. The minimum atomic E-state index is -0.0644. The molecule has 30 heavy (non-hydrogen) atoms. The van der Waals surface area contributed by atoms with Crippen LogP contribution >= 0.6 is 0 Å². The summed E-state index contributed by atoms with van der Waals surface area (Å²) in [4.78, 5) is 13.0. The van der Waals surface area contributed by atoms with Gasteiger partial charge in [-0.05, 0) is 65.4 Å². The average molecular weight is 401 g/mol. The first-order valence-corrected chi connectivity index (χ1v) is 10.2. The summed E-state index contributed by atoms with van der Waals surface area (Å²) < 4.78 is 11.3. The van der Waals surface area contributed by atoms with E-state index in [9.17, 15) is 4.79 Å². The fourth-order valence-corrected chi connectivity index (χ4v) is 3.34. The Labute approximate surface area is 179 Å². The first-order valence-electron chi connectivity index (χ1n) is 10.2. The van der Waals surface area contributed by atoms with Gasteiger partial charge in [-0.25, -0.2) is 0 Å². The highest BCUT2D eigenvalue weighted by atomic mass is 16.5. The molecule has 0 fully saturated rings. The van der Waals surface area contributed by atoms with Crippen molar-refractivity contribution in [2.24, 2.45) is 0 Å². The number of hydrogen-bond acceptors (Lipinski definition) is 3. The monoisotopic (exact) mass is 400 g/mol. The van der Waals surface area contributed by atoms with E-state index in [1.54, 1.807) is 13.2 Å². The largest absolute Gasteiger partial charge is 0.497 e. The van der Waals surface area contributed by atoms with E-state index in [1.807, 2.05) is 72.8 Å². The van der Waals surface area contributed by atoms with Crippen LogP contribution in [-0.2, 0) is 6.61 Å². The second-order valence-corrected chi connectivity index (χ2v) is 7.60. The second-order valence-electron chi connectivity index (χ2n) is 7.60. The lowest BCUT2D eigenvalue weighted by atomic mass is 9.93. The molecule has 0 amide bonds. The highest BCUT2D eigenvalue weighted by Gasteiger charge is 2.16. The van der Waals surface area contributed by atoms with Crippen molar-refractivity contribution in [3.8, 4) is 11.5 Å². The molecule has 154 valence electrons. The SMILES string of the molecule is COc1ccc(COc2cc(C)c(C(C)C)cc2C(=O)/C=C/c2ccccc2)cc1. The zero-order valence-electron chi connectivity index (χ0n) is 18.0. The van der Waals surface area contributed by atoms with E-state index in [2.05, 4.69) is 20.8 Å². The molecule has 0 saturated carbocycles. The van der Waals surface area contributed by atoms with Gasteiger partial charge in [0.1, 0.15) is 18.1 Å². The number of ketones is 1. The minimum Gasteiger partial charge on any atom is -0.497 e. The number of aryl methyl sites for hydroxylation is 1. The van der Waals surface area contributed by atoms with Crippen molar-refractivity contribution < 1.29 is 14.3 Å². The maximum atomic E-state index is 13.0. The van der Waals surface area contributed by atoms with Crippen LogP contribution in [0.4, 0.5) is 0 Å². The maximum Gasteiger partial charge on any atom is 0.189 e. The van der Waals surface area contributed by atoms with E-state index in [1.165, 1.54) is 0 Å². The molecule has 0 saturated heterocycles. The number of methoxy groups -OCH3 is 1. The predicted molar refractivity (Wildman–Crippen MR) is 122 cm³/mol. The third-order valence-corrected chi connectivity index (χ3v) is 5.04. The Morgan fingerprint density at radius 1 is 1.00 bits per heavy atom. The molecule has 3 heteroatoms. The molecule has 0 aliphatic rings. The summed E-state index contributed by atoms with van der Waals surface area (Å²) in [5, 5.41) is 0. The number of allylic oxidation sites excluding steroid dienone is 1. The topological polar surface area (TPSA) is 35.5 Å². The van der Waals surface area contributed by atoms with Gasteiger partial charge in [-0.2, -0.15) is 0 Å². The van der Waals surface area contributed by atoms with Crippen molar-refractivity contribution in [3.63, 3.8) is 0 Å². The number of benzene rings is 3. The zero-order chi connectivity index (χ0) is 21.5. The summed E-state index contributed by atoms with van der Waals surface area (Å²) in [6.07, 6.45) is 3.45. The highest BCUT2D eigenvalue weighted by molar-refractivity contribution is 6.08. The Morgan fingerprint density at radius 2 is 1.70 bits per heavy atom. The molecule has 3 aromatic rings. The van der Waals surface area contributed by atoms with Crippen molar-refractivity contribution in [2.45, 2.75) is 33.3 Å². The summed E-state index contributed by atoms with van der Waals surface area (Å²) in [6, 6.07) is 21.5. The molecule has 0 heterocycles. The van der Waals surface area contributed by atoms with Gasteiger partial charge in [-0.3, -0.25) is 4.79 Å². The van der Waals surface area contributed by atoms with Crippen LogP contribution in [0.15, 0.2) is 72.8 Å². The molecule has 0 atom stereocenters. The molecule has 0 bridgehead atoms. The predicted octanol–water partition coefficient (Wildman–Crippen LogP) is 6.60. The van der Waals surface area contributed by atoms with E-state index >= 15 is 0 Å². The summed E-state index contributed by atoms with van der Waals surface area (Å²) in [7, 11) is 1.64. The van der Waals surface area contributed by atoms with E-state index < -0.39 is 0 Å². The zero-order valence-corrected chi connectivity index (χ0v) is 18.0. The van der Waals surface area contributed by atoms with Crippen LogP contribution in [0.1, 0.15) is 52.4 Å². The van der Waals surface area contributed by atoms with Gasteiger partial charge in [-0.15, -0.1) is 0 Å². The smallest absolute Gasteiger partial charge is 0.189 e. The molecule has 0 aromatic heterocycles.